The van der Waals surface area contributed by atoms with E-state index in [1.54, 1.807) is 0 Å². The molecule has 0 fully saturated rings. The monoisotopic (exact) mass is 137 g/mol. The van der Waals surface area contributed by atoms with Gasteiger partial charge in [0.15, 0.2) is 0 Å². The number of hydrogen-bond donors (Lipinski definition) is 0. The molecule has 1 rings (SSSR count). The van der Waals surface area contributed by atoms with Crippen molar-refractivity contribution >= 4 is 5.71 Å². The molecule has 1 nitrogen and oxygen atoms in total. The number of hydrogen-bond acceptors (Lipinski definition) is 1. The Morgan fingerprint density at radius 1 is 1.50 bits per heavy atom. The third-order valence-corrected chi connectivity index (χ3v) is 1.68. The van der Waals surface area contributed by atoms with Crippen LogP contribution in [0.15, 0.2) is 17.1 Å². The molecule has 0 aliphatic carbocycles. The zero-order valence-electron chi connectivity index (χ0n) is 7.07. The molecule has 0 saturated carbocycles. The second-order valence-corrected chi connectivity index (χ2v) is 3.76. The summed E-state index contributed by atoms with van der Waals surface area (Å²) >= 11 is 0. The Morgan fingerprint density at radius 3 is 2.50 bits per heavy atom. The van der Waals surface area contributed by atoms with Gasteiger partial charge in [-0.05, 0) is 27.2 Å². The fraction of sp³-hybridized carbons (Fsp3) is 0.667. The minimum atomic E-state index is 0.111. The first-order valence-corrected chi connectivity index (χ1v) is 3.71. The van der Waals surface area contributed by atoms with E-state index < -0.39 is 0 Å². The van der Waals surface area contributed by atoms with Gasteiger partial charge >= 0.3 is 0 Å². The summed E-state index contributed by atoms with van der Waals surface area (Å²) in [7, 11) is 0. The van der Waals surface area contributed by atoms with Crippen LogP contribution in [0.3, 0.4) is 0 Å². The van der Waals surface area contributed by atoms with E-state index >= 15 is 0 Å². The molecule has 10 heavy (non-hydrogen) atoms. The van der Waals surface area contributed by atoms with E-state index in [4.69, 9.17) is 0 Å². The standard InChI is InChI=1S/C9H15N/c1-7-5-8(2)10-9(3,4)6-7/h1,5-6H2,2-4H3. The lowest BCUT2D eigenvalue weighted by atomic mass is 9.90. The molecular weight excluding hydrogens is 122 g/mol. The fourth-order valence-electron chi connectivity index (χ4n) is 1.63. The molecule has 0 aromatic carbocycles. The Morgan fingerprint density at radius 2 is 2.10 bits per heavy atom. The smallest absolute Gasteiger partial charge is 0.0588 e. The summed E-state index contributed by atoms with van der Waals surface area (Å²) in [6.45, 7) is 10.4. The minimum Gasteiger partial charge on any atom is -0.288 e. The van der Waals surface area contributed by atoms with Crippen molar-refractivity contribution in [1.82, 2.24) is 0 Å². The first-order valence-electron chi connectivity index (χ1n) is 3.71. The van der Waals surface area contributed by atoms with Crippen molar-refractivity contribution in [3.8, 4) is 0 Å². The van der Waals surface area contributed by atoms with Crippen molar-refractivity contribution in [2.24, 2.45) is 4.99 Å². The SMILES string of the molecule is C=C1CC(C)=NC(C)(C)C1. The third kappa shape index (κ3) is 1.69. The van der Waals surface area contributed by atoms with Crippen molar-refractivity contribution in [1.29, 1.82) is 0 Å². The number of nitrogens with zero attached hydrogens (tertiary/aromatic N) is 1. The Hall–Kier alpha value is -0.590. The highest BCUT2D eigenvalue weighted by Gasteiger charge is 2.21. The van der Waals surface area contributed by atoms with Gasteiger partial charge in [0.2, 0.25) is 0 Å². The van der Waals surface area contributed by atoms with E-state index in [0.717, 1.165) is 12.8 Å². The zero-order chi connectivity index (χ0) is 7.78. The minimum absolute atomic E-state index is 0.111. The molecule has 0 bridgehead atoms. The molecule has 0 unspecified atom stereocenters. The van der Waals surface area contributed by atoms with Crippen molar-refractivity contribution < 1.29 is 0 Å². The molecule has 0 spiro atoms. The van der Waals surface area contributed by atoms with Crippen LogP contribution in [0.25, 0.3) is 0 Å². The predicted octanol–water partition coefficient (Wildman–Crippen LogP) is 2.58. The lowest BCUT2D eigenvalue weighted by Crippen LogP contribution is -2.24. The maximum atomic E-state index is 4.52. The van der Waals surface area contributed by atoms with Crippen LogP contribution in [0.2, 0.25) is 0 Å². The van der Waals surface area contributed by atoms with Gasteiger partial charge in [0.25, 0.3) is 0 Å². The van der Waals surface area contributed by atoms with Crippen LogP contribution in [-0.2, 0) is 0 Å². The van der Waals surface area contributed by atoms with Gasteiger partial charge in [-0.2, -0.15) is 0 Å². The molecule has 0 radical (unpaired) electrons. The quantitative estimate of drug-likeness (QED) is 0.455. The molecule has 1 aliphatic rings. The average molecular weight is 137 g/mol. The maximum absolute atomic E-state index is 4.52. The van der Waals surface area contributed by atoms with Gasteiger partial charge in [-0.15, -0.1) is 0 Å². The third-order valence-electron chi connectivity index (χ3n) is 1.68. The first-order chi connectivity index (χ1) is 4.49. The first kappa shape index (κ1) is 7.52. The fourth-order valence-corrected chi connectivity index (χ4v) is 1.63. The maximum Gasteiger partial charge on any atom is 0.0588 e. The summed E-state index contributed by atoms with van der Waals surface area (Å²) in [5.74, 6) is 0. The molecule has 0 aromatic rings. The Labute approximate surface area is 62.9 Å². The second kappa shape index (κ2) is 2.22. The van der Waals surface area contributed by atoms with Gasteiger partial charge in [0.1, 0.15) is 0 Å². The summed E-state index contributed by atoms with van der Waals surface area (Å²) in [6.07, 6.45) is 2.05. The summed E-state index contributed by atoms with van der Waals surface area (Å²) in [5, 5.41) is 0. The van der Waals surface area contributed by atoms with Crippen molar-refractivity contribution in [3.05, 3.63) is 12.2 Å². The van der Waals surface area contributed by atoms with Crippen LogP contribution >= 0.6 is 0 Å². The Bertz CT molecular complexity index is 187. The molecule has 0 saturated heterocycles. The van der Waals surface area contributed by atoms with E-state index in [2.05, 4.69) is 32.3 Å². The van der Waals surface area contributed by atoms with E-state index in [-0.39, 0.29) is 5.54 Å². The van der Waals surface area contributed by atoms with Crippen LogP contribution in [0.5, 0.6) is 0 Å². The lowest BCUT2D eigenvalue weighted by Gasteiger charge is -2.27. The van der Waals surface area contributed by atoms with E-state index in [1.807, 2.05) is 0 Å². The molecule has 0 aromatic heterocycles. The topological polar surface area (TPSA) is 12.4 Å². The molecular formula is C9H15N. The van der Waals surface area contributed by atoms with E-state index in [9.17, 15) is 0 Å². The average Bonchev–Trinajstić information content (AvgIpc) is 1.54. The molecule has 0 N–H and O–H groups in total. The van der Waals surface area contributed by atoms with E-state index in [0.29, 0.717) is 0 Å². The van der Waals surface area contributed by atoms with Crippen LogP contribution < -0.4 is 0 Å². The summed E-state index contributed by atoms with van der Waals surface area (Å²) in [4.78, 5) is 4.52. The van der Waals surface area contributed by atoms with Crippen LogP contribution in [0, 0.1) is 0 Å². The lowest BCUT2D eigenvalue weighted by molar-refractivity contribution is 0.501. The number of rotatable bonds is 0. The van der Waals surface area contributed by atoms with Gasteiger partial charge in [-0.3, -0.25) is 4.99 Å². The van der Waals surface area contributed by atoms with Crippen molar-refractivity contribution in [3.63, 3.8) is 0 Å². The summed E-state index contributed by atoms with van der Waals surface area (Å²) < 4.78 is 0. The highest BCUT2D eigenvalue weighted by molar-refractivity contribution is 5.85. The van der Waals surface area contributed by atoms with Gasteiger partial charge < -0.3 is 0 Å². The van der Waals surface area contributed by atoms with Crippen LogP contribution in [0.1, 0.15) is 33.6 Å². The molecule has 56 valence electrons. The largest absolute Gasteiger partial charge is 0.288 e. The zero-order valence-corrected chi connectivity index (χ0v) is 7.07. The number of aliphatic imine (C=N–C) groups is 1. The Balaban J connectivity index is 2.83. The van der Waals surface area contributed by atoms with Gasteiger partial charge in [0, 0.05) is 12.1 Å². The van der Waals surface area contributed by atoms with Crippen molar-refractivity contribution in [2.75, 3.05) is 0 Å². The van der Waals surface area contributed by atoms with Gasteiger partial charge in [0.05, 0.1) is 5.54 Å². The molecule has 0 atom stereocenters. The highest BCUT2D eigenvalue weighted by Crippen LogP contribution is 2.26. The molecule has 1 heteroatoms. The van der Waals surface area contributed by atoms with Crippen molar-refractivity contribution in [2.45, 2.75) is 39.2 Å². The normalized spacial score (nSPS) is 24.3. The van der Waals surface area contributed by atoms with E-state index in [1.165, 1.54) is 11.3 Å². The molecule has 1 aliphatic heterocycles. The molecule has 1 heterocycles. The Kier molecular flexibility index (Phi) is 1.67. The van der Waals surface area contributed by atoms with Crippen LogP contribution in [-0.4, -0.2) is 11.3 Å². The van der Waals surface area contributed by atoms with Crippen LogP contribution in [0.4, 0.5) is 0 Å². The highest BCUT2D eigenvalue weighted by atomic mass is 14.9. The van der Waals surface area contributed by atoms with Gasteiger partial charge in [-0.25, -0.2) is 0 Å². The predicted molar refractivity (Wildman–Crippen MR) is 45.6 cm³/mol. The molecule has 0 amide bonds. The summed E-state index contributed by atoms with van der Waals surface area (Å²) in [5.41, 5.74) is 2.65. The second-order valence-electron chi connectivity index (χ2n) is 3.76. The summed E-state index contributed by atoms with van der Waals surface area (Å²) in [6, 6.07) is 0. The van der Waals surface area contributed by atoms with Gasteiger partial charge in [-0.1, -0.05) is 12.2 Å².